The molecule has 0 aromatic heterocycles. The van der Waals surface area contributed by atoms with Crippen LogP contribution in [0.1, 0.15) is 33.5 Å². The quantitative estimate of drug-likeness (QED) is 0.440. The van der Waals surface area contributed by atoms with E-state index in [1.807, 2.05) is 53.4 Å². The van der Waals surface area contributed by atoms with E-state index in [2.05, 4.69) is 21.6 Å². The smallest absolute Gasteiger partial charge is 0.269 e. The molecule has 1 aliphatic heterocycles. The molecular weight excluding hydrogens is 464 g/mol. The molecule has 9 heteroatoms. The van der Waals surface area contributed by atoms with Gasteiger partial charge in [0.2, 0.25) is 10.0 Å². The highest BCUT2D eigenvalue weighted by Crippen LogP contribution is 2.26. The molecule has 0 saturated heterocycles. The first-order valence-corrected chi connectivity index (χ1v) is 12.9. The molecule has 3 aromatic carbocycles. The molecule has 182 valence electrons. The van der Waals surface area contributed by atoms with Crippen molar-refractivity contribution in [1.29, 1.82) is 0 Å². The van der Waals surface area contributed by atoms with E-state index in [-0.39, 0.29) is 29.5 Å². The highest BCUT2D eigenvalue weighted by Gasteiger charge is 2.21. The van der Waals surface area contributed by atoms with Crippen LogP contribution in [-0.4, -0.2) is 33.3 Å². The second-order valence-electron chi connectivity index (χ2n) is 8.45. The van der Waals surface area contributed by atoms with Crippen LogP contribution in [-0.2, 0) is 27.8 Å². The van der Waals surface area contributed by atoms with Crippen LogP contribution in [0.15, 0.2) is 77.7 Å². The summed E-state index contributed by atoms with van der Waals surface area (Å²) in [4.78, 5) is 27.1. The van der Waals surface area contributed by atoms with Crippen molar-refractivity contribution in [2.24, 2.45) is 0 Å². The Morgan fingerprint density at radius 1 is 0.943 bits per heavy atom. The normalized spacial score (nSPS) is 13.1. The highest BCUT2D eigenvalue weighted by atomic mass is 32.2. The van der Waals surface area contributed by atoms with E-state index in [1.54, 1.807) is 13.0 Å². The average Bonchev–Trinajstić information content (AvgIpc) is 2.87. The minimum Gasteiger partial charge on any atom is -0.362 e. The Bertz CT molecular complexity index is 1330. The van der Waals surface area contributed by atoms with Gasteiger partial charge in [0.05, 0.1) is 11.4 Å². The van der Waals surface area contributed by atoms with Gasteiger partial charge in [0.1, 0.15) is 0 Å². The Kier molecular flexibility index (Phi) is 7.48. The number of carbonyl (C=O) groups is 2. The molecule has 0 saturated carbocycles. The van der Waals surface area contributed by atoms with Gasteiger partial charge in [-0.2, -0.15) is 0 Å². The minimum atomic E-state index is -3.85. The van der Waals surface area contributed by atoms with Gasteiger partial charge in [-0.05, 0) is 54.7 Å². The van der Waals surface area contributed by atoms with E-state index in [4.69, 9.17) is 0 Å². The lowest BCUT2D eigenvalue weighted by Gasteiger charge is -2.30. The molecule has 0 aliphatic carbocycles. The van der Waals surface area contributed by atoms with Gasteiger partial charge in [0.25, 0.3) is 11.8 Å². The van der Waals surface area contributed by atoms with Crippen molar-refractivity contribution in [2.45, 2.75) is 31.2 Å². The Morgan fingerprint density at radius 2 is 1.69 bits per heavy atom. The van der Waals surface area contributed by atoms with Crippen molar-refractivity contribution in [3.8, 4) is 0 Å². The van der Waals surface area contributed by atoms with Gasteiger partial charge in [-0.1, -0.05) is 54.6 Å². The van der Waals surface area contributed by atoms with Gasteiger partial charge in [-0.25, -0.2) is 13.1 Å². The predicted octanol–water partition coefficient (Wildman–Crippen LogP) is 2.69. The van der Waals surface area contributed by atoms with E-state index in [0.29, 0.717) is 5.56 Å². The number of carbonyl (C=O) groups excluding carboxylic acids is 2. The number of amides is 2. The fraction of sp³-hybridized carbons (Fsp3) is 0.231. The zero-order valence-corrected chi connectivity index (χ0v) is 20.3. The minimum absolute atomic E-state index is 0.0114. The van der Waals surface area contributed by atoms with Crippen LogP contribution < -0.4 is 20.5 Å². The molecule has 0 unspecified atom stereocenters. The monoisotopic (exact) mass is 492 g/mol. The summed E-state index contributed by atoms with van der Waals surface area (Å²) >= 11 is 0. The molecule has 3 N–H and O–H groups in total. The number of hydrogen-bond donors (Lipinski definition) is 3. The number of nitrogens with one attached hydrogen (secondary N) is 3. The Hall–Kier alpha value is -3.69. The molecule has 0 atom stereocenters. The lowest BCUT2D eigenvalue weighted by Crippen LogP contribution is -2.47. The van der Waals surface area contributed by atoms with Crippen molar-refractivity contribution in [1.82, 2.24) is 15.6 Å². The molecule has 0 fully saturated rings. The van der Waals surface area contributed by atoms with Crippen LogP contribution >= 0.6 is 0 Å². The van der Waals surface area contributed by atoms with E-state index >= 15 is 0 Å². The first-order valence-electron chi connectivity index (χ1n) is 11.4. The maximum absolute atomic E-state index is 12.9. The van der Waals surface area contributed by atoms with E-state index in [0.717, 1.165) is 30.6 Å². The number of hydrogen-bond acceptors (Lipinski definition) is 5. The fourth-order valence-corrected chi connectivity index (χ4v) is 5.36. The Balaban J connectivity index is 1.37. The number of para-hydroxylation sites is 1. The Morgan fingerprint density at radius 3 is 2.49 bits per heavy atom. The molecule has 3 aromatic rings. The number of benzene rings is 3. The number of rotatable bonds is 7. The van der Waals surface area contributed by atoms with Crippen LogP contribution in [0, 0.1) is 6.92 Å². The molecule has 1 aliphatic rings. The van der Waals surface area contributed by atoms with Gasteiger partial charge in [-0.15, -0.1) is 0 Å². The molecular formula is C26H28N4O4S. The highest BCUT2D eigenvalue weighted by molar-refractivity contribution is 7.89. The van der Waals surface area contributed by atoms with E-state index in [1.165, 1.54) is 17.7 Å². The third kappa shape index (κ3) is 6.06. The summed E-state index contributed by atoms with van der Waals surface area (Å²) in [5.74, 6) is -0.962. The largest absolute Gasteiger partial charge is 0.362 e. The summed E-state index contributed by atoms with van der Waals surface area (Å²) < 4.78 is 28.3. The Labute approximate surface area is 205 Å². The maximum atomic E-state index is 12.9. The average molecular weight is 493 g/mol. The third-order valence-electron chi connectivity index (χ3n) is 5.91. The summed E-state index contributed by atoms with van der Waals surface area (Å²) in [6, 6.07) is 21.5. The van der Waals surface area contributed by atoms with Crippen molar-refractivity contribution >= 4 is 27.5 Å². The first-order chi connectivity index (χ1) is 16.8. The molecule has 0 spiro atoms. The summed E-state index contributed by atoms with van der Waals surface area (Å²) in [6.45, 7) is 2.66. The molecule has 2 amide bonds. The van der Waals surface area contributed by atoms with E-state index < -0.39 is 15.9 Å². The van der Waals surface area contributed by atoms with Crippen LogP contribution in [0.25, 0.3) is 0 Å². The lowest BCUT2D eigenvalue weighted by molar-refractivity contribution is -0.120. The van der Waals surface area contributed by atoms with Gasteiger partial charge < -0.3 is 4.90 Å². The molecule has 8 nitrogen and oxygen atoms in total. The van der Waals surface area contributed by atoms with Gasteiger partial charge in [0, 0.05) is 24.3 Å². The molecule has 0 bridgehead atoms. The topological polar surface area (TPSA) is 108 Å². The second kappa shape index (κ2) is 10.7. The van der Waals surface area contributed by atoms with E-state index in [9.17, 15) is 18.0 Å². The molecule has 4 rings (SSSR count). The van der Waals surface area contributed by atoms with Crippen molar-refractivity contribution in [2.75, 3.05) is 18.0 Å². The molecule has 35 heavy (non-hydrogen) atoms. The number of aryl methyl sites for hydroxylation is 2. The number of sulfonamides is 1. The maximum Gasteiger partial charge on any atom is 0.269 e. The number of nitrogens with zero attached hydrogens (tertiary/aromatic N) is 1. The SMILES string of the molecule is Cc1ccc(C(=O)NNC(=O)CN2CCCc3ccccc32)cc1S(=O)(=O)NCc1ccccc1. The van der Waals surface area contributed by atoms with Crippen LogP contribution in [0.2, 0.25) is 0 Å². The molecule has 1 heterocycles. The lowest BCUT2D eigenvalue weighted by atomic mass is 10.0. The summed E-state index contributed by atoms with van der Waals surface area (Å²) in [5, 5.41) is 0. The van der Waals surface area contributed by atoms with Gasteiger partial charge in [0.15, 0.2) is 0 Å². The van der Waals surface area contributed by atoms with Crippen molar-refractivity contribution < 1.29 is 18.0 Å². The van der Waals surface area contributed by atoms with Crippen LogP contribution in [0.5, 0.6) is 0 Å². The van der Waals surface area contributed by atoms with Gasteiger partial charge in [-0.3, -0.25) is 20.4 Å². The summed E-state index contributed by atoms with van der Waals surface area (Å²) in [5.41, 5.74) is 8.50. The summed E-state index contributed by atoms with van der Waals surface area (Å²) in [6.07, 6.45) is 1.93. The first kappa shape index (κ1) is 24.4. The third-order valence-corrected chi connectivity index (χ3v) is 7.45. The van der Waals surface area contributed by atoms with Crippen molar-refractivity contribution in [3.05, 3.63) is 95.1 Å². The standard InChI is InChI=1S/C26H28N4O4S/c1-19-13-14-22(16-24(19)35(33,34)27-17-20-8-3-2-4-9-20)26(32)29-28-25(31)18-30-15-7-11-21-10-5-6-12-23(21)30/h2-6,8-10,12-14,16,27H,7,11,15,17-18H2,1H3,(H,28,31)(H,29,32). The number of hydrazine groups is 1. The molecule has 0 radical (unpaired) electrons. The van der Waals surface area contributed by atoms with Crippen molar-refractivity contribution in [3.63, 3.8) is 0 Å². The number of anilines is 1. The second-order valence-corrected chi connectivity index (χ2v) is 10.2. The fourth-order valence-electron chi connectivity index (χ4n) is 4.07. The summed E-state index contributed by atoms with van der Waals surface area (Å²) in [7, 11) is -3.85. The van der Waals surface area contributed by atoms with Gasteiger partial charge >= 0.3 is 0 Å². The zero-order chi connectivity index (χ0) is 24.8. The number of fused-ring (bicyclic) bond motifs is 1. The van der Waals surface area contributed by atoms with Crippen LogP contribution in [0.3, 0.4) is 0 Å². The van der Waals surface area contributed by atoms with Crippen LogP contribution in [0.4, 0.5) is 5.69 Å². The predicted molar refractivity (Wildman–Crippen MR) is 134 cm³/mol. The zero-order valence-electron chi connectivity index (χ0n) is 19.5.